The van der Waals surface area contributed by atoms with Gasteiger partial charge in [-0.15, -0.1) is 0 Å². The topological polar surface area (TPSA) is 54.3 Å². The minimum atomic E-state index is 0.0511. The molecule has 0 saturated carbocycles. The summed E-state index contributed by atoms with van der Waals surface area (Å²) in [6.45, 7) is 8.87. The number of carbonyl (C=O) groups excluding carboxylic acids is 1. The summed E-state index contributed by atoms with van der Waals surface area (Å²) in [7, 11) is 0. The average Bonchev–Trinajstić information content (AvgIpc) is 3.45. The van der Waals surface area contributed by atoms with Crippen LogP contribution in [0.1, 0.15) is 79.3 Å². The van der Waals surface area contributed by atoms with Crippen LogP contribution in [0.3, 0.4) is 0 Å². The minimum absolute atomic E-state index is 0.0511. The van der Waals surface area contributed by atoms with Crippen LogP contribution in [0.4, 0.5) is 5.69 Å². The Morgan fingerprint density at radius 3 is 2.67 bits per heavy atom. The Morgan fingerprint density at radius 2 is 1.94 bits per heavy atom. The number of piperidine rings is 1. The van der Waals surface area contributed by atoms with Gasteiger partial charge in [0, 0.05) is 43.0 Å². The number of benzene rings is 2. The molecule has 1 amide bonds. The molecule has 172 valence electrons. The maximum Gasteiger partial charge on any atom is 0.254 e. The summed E-state index contributed by atoms with van der Waals surface area (Å²) in [5.41, 5.74) is 4.38. The molecule has 6 heteroatoms. The lowest BCUT2D eigenvalue weighted by atomic mass is 9.97. The van der Waals surface area contributed by atoms with Crippen molar-refractivity contribution in [2.45, 2.75) is 64.6 Å². The summed E-state index contributed by atoms with van der Waals surface area (Å²) in [6, 6.07) is 17.3. The predicted molar refractivity (Wildman–Crippen MR) is 131 cm³/mol. The van der Waals surface area contributed by atoms with Gasteiger partial charge in [0.05, 0.1) is 5.92 Å². The lowest BCUT2D eigenvalue weighted by Crippen LogP contribution is -2.42. The molecule has 0 unspecified atom stereocenters. The van der Waals surface area contributed by atoms with Crippen molar-refractivity contribution in [1.29, 1.82) is 0 Å². The predicted octanol–water partition coefficient (Wildman–Crippen LogP) is 5.03. The molecular formula is C27H33N5O. The second-order valence-electron chi connectivity index (χ2n) is 9.71. The van der Waals surface area contributed by atoms with Crippen LogP contribution >= 0.6 is 0 Å². The summed E-state index contributed by atoms with van der Waals surface area (Å²) < 4.78 is 1.92. The van der Waals surface area contributed by atoms with Crippen molar-refractivity contribution in [3.8, 4) is 0 Å². The van der Waals surface area contributed by atoms with Gasteiger partial charge < -0.3 is 9.80 Å². The van der Waals surface area contributed by atoms with Crippen LogP contribution in [0.15, 0.2) is 54.9 Å². The molecule has 1 aromatic heterocycles. The number of likely N-dealkylation sites (tertiary alicyclic amines) is 1. The fourth-order valence-corrected chi connectivity index (χ4v) is 5.11. The highest BCUT2D eigenvalue weighted by Gasteiger charge is 2.34. The van der Waals surface area contributed by atoms with E-state index >= 15 is 0 Å². The van der Waals surface area contributed by atoms with E-state index in [0.717, 1.165) is 49.4 Å². The molecule has 2 aliphatic rings. The van der Waals surface area contributed by atoms with Gasteiger partial charge >= 0.3 is 0 Å². The molecule has 3 aromatic rings. The van der Waals surface area contributed by atoms with E-state index in [9.17, 15) is 4.79 Å². The first-order chi connectivity index (χ1) is 16.0. The third-order valence-electron chi connectivity index (χ3n) is 7.04. The molecule has 0 spiro atoms. The SMILES string of the molecule is CC(C)n1cnc([C@H]2CN(Cc3ccccc3)c3ccc(C(=O)N4CCCC[C@@H]4C)cc32)n1. The lowest BCUT2D eigenvalue weighted by Gasteiger charge is -2.33. The van der Waals surface area contributed by atoms with Crippen LogP contribution in [-0.2, 0) is 6.54 Å². The number of carbonyl (C=O) groups is 1. The summed E-state index contributed by atoms with van der Waals surface area (Å²) in [5.74, 6) is 1.03. The molecule has 5 rings (SSSR count). The Kier molecular flexibility index (Phi) is 5.92. The Balaban J connectivity index is 1.50. The van der Waals surface area contributed by atoms with Gasteiger partial charge in [0.2, 0.25) is 0 Å². The normalized spacial score (nSPS) is 20.4. The summed E-state index contributed by atoms with van der Waals surface area (Å²) in [6.07, 6.45) is 5.20. The Morgan fingerprint density at radius 1 is 1.12 bits per heavy atom. The Bertz CT molecular complexity index is 1120. The standard InChI is InChI=1S/C27H33N5O/c1-19(2)32-18-28-26(29-32)24-17-30(16-21-10-5-4-6-11-21)25-13-12-22(15-23(24)25)27(33)31-14-8-7-9-20(31)3/h4-6,10-13,15,18-20,24H,7-9,14,16-17H2,1-3H3/t20-,24-/m0/s1. The second kappa shape index (κ2) is 9.00. The van der Waals surface area contributed by atoms with Crippen LogP contribution in [0.2, 0.25) is 0 Å². The van der Waals surface area contributed by atoms with Gasteiger partial charge in [-0.25, -0.2) is 4.98 Å². The van der Waals surface area contributed by atoms with Crippen LogP contribution in [0.25, 0.3) is 0 Å². The molecule has 2 aliphatic heterocycles. The van der Waals surface area contributed by atoms with Gasteiger partial charge in [0.1, 0.15) is 6.33 Å². The first kappa shape index (κ1) is 21.7. The van der Waals surface area contributed by atoms with E-state index < -0.39 is 0 Å². The molecule has 2 aromatic carbocycles. The number of nitrogens with zero attached hydrogens (tertiary/aromatic N) is 5. The third kappa shape index (κ3) is 4.26. The van der Waals surface area contributed by atoms with E-state index in [4.69, 9.17) is 5.10 Å². The van der Waals surface area contributed by atoms with Crippen molar-refractivity contribution >= 4 is 11.6 Å². The van der Waals surface area contributed by atoms with Crippen molar-refractivity contribution < 1.29 is 4.79 Å². The lowest BCUT2D eigenvalue weighted by molar-refractivity contribution is 0.0635. The molecule has 0 radical (unpaired) electrons. The molecule has 1 fully saturated rings. The van der Waals surface area contributed by atoms with Gasteiger partial charge in [-0.3, -0.25) is 9.48 Å². The van der Waals surface area contributed by atoms with Crippen LogP contribution in [-0.4, -0.2) is 44.7 Å². The van der Waals surface area contributed by atoms with E-state index in [2.05, 4.69) is 67.1 Å². The first-order valence-electron chi connectivity index (χ1n) is 12.2. The van der Waals surface area contributed by atoms with Crippen molar-refractivity contribution in [2.24, 2.45) is 0 Å². The van der Waals surface area contributed by atoms with E-state index in [1.165, 1.54) is 17.7 Å². The molecular weight excluding hydrogens is 410 g/mol. The number of aromatic nitrogens is 3. The Hall–Kier alpha value is -3.15. The fraction of sp³-hybridized carbons (Fsp3) is 0.444. The minimum Gasteiger partial charge on any atom is -0.366 e. The van der Waals surface area contributed by atoms with E-state index in [1.807, 2.05) is 28.0 Å². The highest BCUT2D eigenvalue weighted by Crippen LogP contribution is 2.40. The van der Waals surface area contributed by atoms with E-state index in [0.29, 0.717) is 6.04 Å². The van der Waals surface area contributed by atoms with Crippen LogP contribution in [0, 0.1) is 0 Å². The van der Waals surface area contributed by atoms with Crippen molar-refractivity contribution in [2.75, 3.05) is 18.0 Å². The molecule has 0 bridgehead atoms. The first-order valence-corrected chi connectivity index (χ1v) is 12.2. The number of fused-ring (bicyclic) bond motifs is 1. The summed E-state index contributed by atoms with van der Waals surface area (Å²) in [4.78, 5) is 22.5. The zero-order chi connectivity index (χ0) is 22.9. The van der Waals surface area contributed by atoms with Gasteiger partial charge in [0.15, 0.2) is 5.82 Å². The Labute approximate surface area is 196 Å². The molecule has 0 N–H and O–H groups in total. The molecule has 0 aliphatic carbocycles. The molecule has 33 heavy (non-hydrogen) atoms. The number of anilines is 1. The van der Waals surface area contributed by atoms with Crippen molar-refractivity contribution in [3.05, 3.63) is 77.4 Å². The maximum atomic E-state index is 13.4. The monoisotopic (exact) mass is 443 g/mol. The number of hydrogen-bond donors (Lipinski definition) is 0. The summed E-state index contributed by atoms with van der Waals surface area (Å²) in [5, 5.41) is 4.79. The summed E-state index contributed by atoms with van der Waals surface area (Å²) >= 11 is 0. The number of hydrogen-bond acceptors (Lipinski definition) is 4. The number of amides is 1. The van der Waals surface area contributed by atoms with Crippen LogP contribution < -0.4 is 4.90 Å². The third-order valence-corrected chi connectivity index (χ3v) is 7.04. The highest BCUT2D eigenvalue weighted by atomic mass is 16.2. The molecule has 1 saturated heterocycles. The van der Waals surface area contributed by atoms with Gasteiger partial charge in [-0.05, 0) is 69.4 Å². The van der Waals surface area contributed by atoms with Crippen LogP contribution in [0.5, 0.6) is 0 Å². The molecule has 6 nitrogen and oxygen atoms in total. The van der Waals surface area contributed by atoms with Crippen molar-refractivity contribution in [1.82, 2.24) is 19.7 Å². The largest absolute Gasteiger partial charge is 0.366 e. The quantitative estimate of drug-likeness (QED) is 0.555. The molecule has 2 atom stereocenters. The second-order valence-corrected chi connectivity index (χ2v) is 9.71. The zero-order valence-corrected chi connectivity index (χ0v) is 19.8. The van der Waals surface area contributed by atoms with Gasteiger partial charge in [-0.1, -0.05) is 30.3 Å². The van der Waals surface area contributed by atoms with Gasteiger partial charge in [-0.2, -0.15) is 5.10 Å². The van der Waals surface area contributed by atoms with Crippen molar-refractivity contribution in [3.63, 3.8) is 0 Å². The van der Waals surface area contributed by atoms with E-state index in [1.54, 1.807) is 0 Å². The average molecular weight is 444 g/mol. The fourth-order valence-electron chi connectivity index (χ4n) is 5.11. The van der Waals surface area contributed by atoms with E-state index in [-0.39, 0.29) is 17.9 Å². The zero-order valence-electron chi connectivity index (χ0n) is 19.8. The van der Waals surface area contributed by atoms with Gasteiger partial charge in [0.25, 0.3) is 5.91 Å². The smallest absolute Gasteiger partial charge is 0.254 e. The highest BCUT2D eigenvalue weighted by molar-refractivity contribution is 5.95. The molecule has 3 heterocycles. The number of rotatable bonds is 5. The maximum absolute atomic E-state index is 13.4.